The zero-order valence-corrected chi connectivity index (χ0v) is 21.8. The minimum atomic E-state index is 0. The average Bonchev–Trinajstić information content (AvgIpc) is 2.94. The number of aromatic nitrogens is 2. The Kier molecular flexibility index (Phi) is 9.38. The third kappa shape index (κ3) is 6.59. The van der Waals surface area contributed by atoms with Gasteiger partial charge in [-0.05, 0) is 52.2 Å². The zero-order chi connectivity index (χ0) is 24.5. The summed E-state index contributed by atoms with van der Waals surface area (Å²) in [5.41, 5.74) is 7.59. The van der Waals surface area contributed by atoms with Crippen LogP contribution >= 0.6 is 0 Å². The van der Waals surface area contributed by atoms with Crippen LogP contribution in [0.3, 0.4) is 0 Å². The summed E-state index contributed by atoms with van der Waals surface area (Å²) in [7, 11) is 0. The van der Waals surface area contributed by atoms with Crippen LogP contribution in [0.15, 0.2) is 103 Å². The summed E-state index contributed by atoms with van der Waals surface area (Å²) in [5.74, 6) is 0. The van der Waals surface area contributed by atoms with E-state index in [1.807, 2.05) is 79.9 Å². The predicted molar refractivity (Wildman–Crippen MR) is 137 cm³/mol. The van der Waals surface area contributed by atoms with Crippen LogP contribution in [-0.4, -0.2) is 9.97 Å². The second-order valence-electron chi connectivity index (χ2n) is 7.69. The van der Waals surface area contributed by atoms with Crippen molar-refractivity contribution >= 4 is 0 Å². The summed E-state index contributed by atoms with van der Waals surface area (Å²) in [5, 5.41) is 17.8. The van der Waals surface area contributed by atoms with E-state index >= 15 is 0 Å². The van der Waals surface area contributed by atoms with Crippen LogP contribution in [0.25, 0.3) is 33.6 Å². The number of aryl methyl sites for hydroxylation is 1. The summed E-state index contributed by atoms with van der Waals surface area (Å²) in [4.78, 5) is 8.65. The van der Waals surface area contributed by atoms with E-state index in [0.29, 0.717) is 22.4 Å². The molecule has 0 aliphatic carbocycles. The number of nitrogens with zero attached hydrogens (tertiary/aromatic N) is 4. The minimum Gasteiger partial charge on any atom is -0.305 e. The van der Waals surface area contributed by atoms with Gasteiger partial charge in [-0.15, -0.1) is 59.7 Å². The van der Waals surface area contributed by atoms with Gasteiger partial charge in [-0.2, -0.15) is 0 Å². The van der Waals surface area contributed by atoms with Crippen LogP contribution in [0.4, 0.5) is 0 Å². The monoisotopic (exact) mass is 641 g/mol. The van der Waals surface area contributed by atoms with Crippen molar-refractivity contribution in [1.82, 2.24) is 9.97 Å². The Morgan fingerprint density at radius 2 is 1.56 bits per heavy atom. The fraction of sp³-hybridized carbons (Fsp3) is 0.0323. The number of hydrogen-bond acceptors (Lipinski definition) is 4. The van der Waals surface area contributed by atoms with Gasteiger partial charge in [0.2, 0.25) is 0 Å². The van der Waals surface area contributed by atoms with E-state index in [1.165, 1.54) is 11.1 Å². The Labute approximate surface area is 224 Å². The normalized spacial score (nSPS) is 9.53. The molecule has 2 aromatic heterocycles. The molecule has 5 heteroatoms. The standard InChI is InChI=1S/C17H12N.C14H8N3.Ir/c1-3-7-14(8-4-1)16-11-12-18-17(13-16)15-9-5-2-6-10-15;1-10-2-5-14(17-9-10)13-4-3-11(7-15)6-12(13)8-16;/h1-9,11-13H;2-3,5-6,9H,1H3;/q2*-1;. The molecule has 4 nitrogen and oxygen atoms in total. The van der Waals surface area contributed by atoms with Crippen molar-refractivity contribution in [2.45, 2.75) is 6.92 Å². The number of nitriles is 2. The van der Waals surface area contributed by atoms with Gasteiger partial charge >= 0.3 is 0 Å². The summed E-state index contributed by atoms with van der Waals surface area (Å²) >= 11 is 0. The molecule has 175 valence electrons. The van der Waals surface area contributed by atoms with Crippen molar-refractivity contribution in [2.24, 2.45) is 0 Å². The SMILES string of the molecule is Cc1ccc(-c2[c-]cc(C#N)cc2C#N)nc1.[Ir].[c-]1ccccc1-c1cc(-c2ccccc2)ccn1. The van der Waals surface area contributed by atoms with Gasteiger partial charge in [-0.3, -0.25) is 0 Å². The van der Waals surface area contributed by atoms with Crippen molar-refractivity contribution in [3.8, 4) is 45.8 Å². The van der Waals surface area contributed by atoms with E-state index in [-0.39, 0.29) is 20.1 Å². The average molecular weight is 641 g/mol. The molecule has 0 saturated carbocycles. The molecule has 0 atom stereocenters. The van der Waals surface area contributed by atoms with Gasteiger partial charge in [0.25, 0.3) is 0 Å². The van der Waals surface area contributed by atoms with E-state index in [1.54, 1.807) is 18.3 Å². The number of benzene rings is 3. The Hall–Kier alpha value is -4.41. The molecule has 0 fully saturated rings. The van der Waals surface area contributed by atoms with Gasteiger partial charge in [0.1, 0.15) is 0 Å². The minimum absolute atomic E-state index is 0. The third-order valence-electron chi connectivity index (χ3n) is 5.21. The van der Waals surface area contributed by atoms with Crippen LogP contribution in [0, 0.1) is 41.7 Å². The third-order valence-corrected chi connectivity index (χ3v) is 5.21. The number of rotatable bonds is 3. The van der Waals surface area contributed by atoms with Crippen molar-refractivity contribution in [3.05, 3.63) is 132 Å². The molecule has 36 heavy (non-hydrogen) atoms. The van der Waals surface area contributed by atoms with Crippen molar-refractivity contribution in [1.29, 1.82) is 10.5 Å². The first-order chi connectivity index (χ1) is 17.2. The number of pyridine rings is 2. The molecule has 0 N–H and O–H groups in total. The first-order valence-corrected chi connectivity index (χ1v) is 11.0. The summed E-state index contributed by atoms with van der Waals surface area (Å²) in [6.07, 6.45) is 3.58. The molecule has 1 radical (unpaired) electrons. The van der Waals surface area contributed by atoms with Crippen LogP contribution in [0.2, 0.25) is 0 Å². The molecular formula is C31H20IrN4-2. The molecule has 0 amide bonds. The molecule has 0 aliphatic heterocycles. The summed E-state index contributed by atoms with van der Waals surface area (Å²) in [6, 6.07) is 39.4. The van der Waals surface area contributed by atoms with Crippen molar-refractivity contribution in [3.63, 3.8) is 0 Å². The van der Waals surface area contributed by atoms with E-state index in [0.717, 1.165) is 16.8 Å². The summed E-state index contributed by atoms with van der Waals surface area (Å²) in [6.45, 7) is 1.95. The topological polar surface area (TPSA) is 73.4 Å². The molecular weight excluding hydrogens is 621 g/mol. The molecule has 0 bridgehead atoms. The van der Waals surface area contributed by atoms with Crippen molar-refractivity contribution < 1.29 is 20.1 Å². The van der Waals surface area contributed by atoms with Crippen LogP contribution < -0.4 is 0 Å². The van der Waals surface area contributed by atoms with Crippen LogP contribution in [-0.2, 0) is 20.1 Å². The van der Waals surface area contributed by atoms with Gasteiger partial charge in [-0.25, -0.2) is 10.5 Å². The Balaban J connectivity index is 0.000000196. The zero-order valence-electron chi connectivity index (χ0n) is 19.4. The van der Waals surface area contributed by atoms with Gasteiger partial charge in [0.15, 0.2) is 0 Å². The second kappa shape index (κ2) is 12.9. The van der Waals surface area contributed by atoms with Gasteiger partial charge < -0.3 is 9.97 Å². The van der Waals surface area contributed by atoms with Gasteiger partial charge in [0.05, 0.1) is 0 Å². The fourth-order valence-corrected chi connectivity index (χ4v) is 3.42. The molecule has 2 heterocycles. The molecule has 0 saturated heterocycles. The largest absolute Gasteiger partial charge is 0.305 e. The first-order valence-electron chi connectivity index (χ1n) is 11.0. The molecule has 0 aliphatic rings. The van der Waals surface area contributed by atoms with Crippen LogP contribution in [0.5, 0.6) is 0 Å². The van der Waals surface area contributed by atoms with Gasteiger partial charge in [-0.1, -0.05) is 48.5 Å². The quantitative estimate of drug-likeness (QED) is 0.203. The molecule has 0 spiro atoms. The fourth-order valence-electron chi connectivity index (χ4n) is 3.42. The maximum Gasteiger partial charge on any atom is 0.0477 e. The van der Waals surface area contributed by atoms with E-state index in [4.69, 9.17) is 10.5 Å². The van der Waals surface area contributed by atoms with E-state index < -0.39 is 0 Å². The van der Waals surface area contributed by atoms with Crippen LogP contribution in [0.1, 0.15) is 16.7 Å². The second-order valence-corrected chi connectivity index (χ2v) is 7.69. The van der Waals surface area contributed by atoms with E-state index in [2.05, 4.69) is 46.4 Å². The molecule has 0 unspecified atom stereocenters. The maximum absolute atomic E-state index is 9.05. The molecule has 5 aromatic rings. The van der Waals surface area contributed by atoms with E-state index in [9.17, 15) is 0 Å². The Morgan fingerprint density at radius 1 is 0.750 bits per heavy atom. The molecule has 3 aromatic carbocycles. The molecule has 5 rings (SSSR count). The Bertz CT molecular complexity index is 1450. The summed E-state index contributed by atoms with van der Waals surface area (Å²) < 4.78 is 0. The first kappa shape index (κ1) is 26.2. The maximum atomic E-state index is 9.05. The predicted octanol–water partition coefficient (Wildman–Crippen LogP) is 6.81. The Morgan fingerprint density at radius 3 is 2.22 bits per heavy atom. The van der Waals surface area contributed by atoms with Crippen molar-refractivity contribution in [2.75, 3.05) is 0 Å². The van der Waals surface area contributed by atoms with Gasteiger partial charge in [0, 0.05) is 44.6 Å². The smallest absolute Gasteiger partial charge is 0.0477 e. The number of hydrogen-bond donors (Lipinski definition) is 0.